The topological polar surface area (TPSA) is 41.7 Å². The molecule has 4 heterocycles. The van der Waals surface area contributed by atoms with E-state index in [1.54, 1.807) is 17.6 Å². The first-order chi connectivity index (χ1) is 11.4. The highest BCUT2D eigenvalue weighted by Crippen LogP contribution is 2.24. The molecule has 2 aliphatic heterocycles. The van der Waals surface area contributed by atoms with Crippen molar-refractivity contribution >= 4 is 11.3 Å². The molecular weight excluding hydrogens is 310 g/mol. The zero-order valence-corrected chi connectivity index (χ0v) is 14.1. The monoisotopic (exact) mass is 333 g/mol. The van der Waals surface area contributed by atoms with Crippen molar-refractivity contribution in [1.29, 1.82) is 0 Å². The number of ether oxygens (including phenoxy) is 1. The van der Waals surface area contributed by atoms with Gasteiger partial charge in [0.2, 0.25) is 0 Å². The van der Waals surface area contributed by atoms with Crippen LogP contribution in [0.4, 0.5) is 0 Å². The lowest BCUT2D eigenvalue weighted by Gasteiger charge is -2.35. The zero-order valence-electron chi connectivity index (χ0n) is 13.3. The van der Waals surface area contributed by atoms with Gasteiger partial charge in [0.05, 0.1) is 18.1 Å². The Hall–Kier alpha value is -1.21. The summed E-state index contributed by atoms with van der Waals surface area (Å²) in [6.07, 6.45) is 4.63. The molecule has 2 aromatic rings. The molecule has 2 aliphatic rings. The average molecular weight is 333 g/mol. The lowest BCUT2D eigenvalue weighted by Crippen LogP contribution is -2.48. The number of furan rings is 1. The highest BCUT2D eigenvalue weighted by atomic mass is 32.1. The number of aromatic nitrogens is 1. The first-order valence-electron chi connectivity index (χ1n) is 8.41. The van der Waals surface area contributed by atoms with Crippen LogP contribution < -0.4 is 0 Å². The Morgan fingerprint density at radius 2 is 2.09 bits per heavy atom. The minimum atomic E-state index is 0.468. The summed E-state index contributed by atoms with van der Waals surface area (Å²) in [7, 11) is 0. The van der Waals surface area contributed by atoms with Gasteiger partial charge in [-0.25, -0.2) is 4.98 Å². The van der Waals surface area contributed by atoms with Gasteiger partial charge in [0.1, 0.15) is 0 Å². The Balaban J connectivity index is 1.26. The van der Waals surface area contributed by atoms with Crippen molar-refractivity contribution in [3.63, 3.8) is 0 Å². The van der Waals surface area contributed by atoms with E-state index < -0.39 is 0 Å². The van der Waals surface area contributed by atoms with Crippen molar-refractivity contribution in [3.8, 4) is 10.8 Å². The molecule has 6 heteroatoms. The third-order valence-corrected chi connectivity index (χ3v) is 5.53. The van der Waals surface area contributed by atoms with E-state index in [9.17, 15) is 0 Å². The van der Waals surface area contributed by atoms with Crippen molar-refractivity contribution in [3.05, 3.63) is 29.5 Å². The number of piperazine rings is 1. The van der Waals surface area contributed by atoms with Gasteiger partial charge in [0, 0.05) is 51.3 Å². The van der Waals surface area contributed by atoms with Crippen LogP contribution >= 0.6 is 11.3 Å². The van der Waals surface area contributed by atoms with Gasteiger partial charge in [0.25, 0.3) is 0 Å². The minimum absolute atomic E-state index is 0.468. The molecule has 5 nitrogen and oxygen atoms in total. The second kappa shape index (κ2) is 7.13. The Morgan fingerprint density at radius 1 is 1.22 bits per heavy atom. The Bertz CT molecular complexity index is 599. The molecule has 0 bridgehead atoms. The molecule has 2 aromatic heterocycles. The lowest BCUT2D eigenvalue weighted by atomic mass is 10.2. The minimum Gasteiger partial charge on any atom is -0.462 e. The normalized spacial score (nSPS) is 23.6. The van der Waals surface area contributed by atoms with Crippen LogP contribution in [0.25, 0.3) is 10.8 Å². The quantitative estimate of drug-likeness (QED) is 0.841. The number of nitrogens with zero attached hydrogens (tertiary/aromatic N) is 3. The van der Waals surface area contributed by atoms with Gasteiger partial charge in [-0.2, -0.15) is 0 Å². The lowest BCUT2D eigenvalue weighted by molar-refractivity contribution is 0.0487. The molecule has 2 saturated heterocycles. The standard InChI is InChI=1S/C17H23N3O2S/c1-3-15(21-9-1)12-20-7-5-19(6-8-20)11-14-13-23-17(18-14)16-4-2-10-22-16/h2,4,10,13,15H,1,3,5-9,11-12H2. The molecule has 23 heavy (non-hydrogen) atoms. The van der Waals surface area contributed by atoms with E-state index in [1.165, 1.54) is 12.8 Å². The molecule has 124 valence electrons. The maximum Gasteiger partial charge on any atom is 0.162 e. The van der Waals surface area contributed by atoms with Crippen molar-refractivity contribution in [2.45, 2.75) is 25.5 Å². The fourth-order valence-electron chi connectivity index (χ4n) is 3.33. The Labute approximate surface area is 140 Å². The summed E-state index contributed by atoms with van der Waals surface area (Å²) in [5, 5.41) is 3.12. The van der Waals surface area contributed by atoms with Crippen LogP contribution in [-0.4, -0.2) is 60.2 Å². The molecule has 0 radical (unpaired) electrons. The molecule has 0 aromatic carbocycles. The summed E-state index contributed by atoms with van der Waals surface area (Å²) in [4.78, 5) is 9.74. The number of hydrogen-bond acceptors (Lipinski definition) is 6. The van der Waals surface area contributed by atoms with Crippen molar-refractivity contribution in [2.75, 3.05) is 39.3 Å². The van der Waals surface area contributed by atoms with Crippen LogP contribution in [0.3, 0.4) is 0 Å². The molecular formula is C17H23N3O2S. The predicted octanol–water partition coefficient (Wildman–Crippen LogP) is 2.70. The number of thiazole rings is 1. The average Bonchev–Trinajstić information content (AvgIpc) is 3.31. The highest BCUT2D eigenvalue weighted by Gasteiger charge is 2.23. The molecule has 0 saturated carbocycles. The second-order valence-electron chi connectivity index (χ2n) is 6.33. The number of rotatable bonds is 5. The summed E-state index contributed by atoms with van der Waals surface area (Å²) < 4.78 is 11.2. The molecule has 1 unspecified atom stereocenters. The summed E-state index contributed by atoms with van der Waals surface area (Å²) in [6, 6.07) is 3.87. The van der Waals surface area contributed by atoms with Gasteiger partial charge in [-0.05, 0) is 25.0 Å². The molecule has 0 aliphatic carbocycles. The fraction of sp³-hybridized carbons (Fsp3) is 0.588. The zero-order chi connectivity index (χ0) is 15.5. The molecule has 0 N–H and O–H groups in total. The predicted molar refractivity (Wildman–Crippen MR) is 90.5 cm³/mol. The van der Waals surface area contributed by atoms with Gasteiger partial charge in [-0.3, -0.25) is 9.80 Å². The number of hydrogen-bond donors (Lipinski definition) is 0. The third-order valence-electron chi connectivity index (χ3n) is 4.62. The van der Waals surface area contributed by atoms with Gasteiger partial charge in [0.15, 0.2) is 10.8 Å². The first kappa shape index (κ1) is 15.3. The largest absolute Gasteiger partial charge is 0.462 e. The molecule has 0 spiro atoms. The molecule has 2 fully saturated rings. The van der Waals surface area contributed by atoms with Gasteiger partial charge < -0.3 is 9.15 Å². The molecule has 4 rings (SSSR count). The fourth-order valence-corrected chi connectivity index (χ4v) is 4.11. The van der Waals surface area contributed by atoms with Crippen LogP contribution in [-0.2, 0) is 11.3 Å². The van der Waals surface area contributed by atoms with E-state index in [2.05, 4.69) is 15.2 Å². The van der Waals surface area contributed by atoms with E-state index in [4.69, 9.17) is 14.1 Å². The van der Waals surface area contributed by atoms with Crippen molar-refractivity contribution in [2.24, 2.45) is 0 Å². The molecule has 1 atom stereocenters. The van der Waals surface area contributed by atoms with Crippen molar-refractivity contribution in [1.82, 2.24) is 14.8 Å². The van der Waals surface area contributed by atoms with Crippen LogP contribution in [0.5, 0.6) is 0 Å². The third kappa shape index (κ3) is 3.83. The summed E-state index contributed by atoms with van der Waals surface area (Å²) in [5.74, 6) is 0.864. The van der Waals surface area contributed by atoms with Crippen LogP contribution in [0.1, 0.15) is 18.5 Å². The smallest absolute Gasteiger partial charge is 0.162 e. The van der Waals surface area contributed by atoms with E-state index in [-0.39, 0.29) is 0 Å². The van der Waals surface area contributed by atoms with Gasteiger partial charge in [-0.15, -0.1) is 11.3 Å². The maximum atomic E-state index is 5.74. The maximum absolute atomic E-state index is 5.74. The van der Waals surface area contributed by atoms with Crippen molar-refractivity contribution < 1.29 is 9.15 Å². The van der Waals surface area contributed by atoms with Crippen LogP contribution in [0, 0.1) is 0 Å². The van der Waals surface area contributed by atoms with Gasteiger partial charge >= 0.3 is 0 Å². The van der Waals surface area contributed by atoms with E-state index in [0.717, 1.165) is 62.3 Å². The van der Waals surface area contributed by atoms with E-state index in [0.29, 0.717) is 6.10 Å². The Morgan fingerprint density at radius 3 is 2.83 bits per heavy atom. The van der Waals surface area contributed by atoms with E-state index >= 15 is 0 Å². The summed E-state index contributed by atoms with van der Waals surface area (Å²) >= 11 is 1.66. The summed E-state index contributed by atoms with van der Waals surface area (Å²) in [6.45, 7) is 7.48. The van der Waals surface area contributed by atoms with Crippen LogP contribution in [0.15, 0.2) is 28.2 Å². The molecule has 0 amide bonds. The van der Waals surface area contributed by atoms with Crippen LogP contribution in [0.2, 0.25) is 0 Å². The highest BCUT2D eigenvalue weighted by molar-refractivity contribution is 7.13. The summed E-state index contributed by atoms with van der Waals surface area (Å²) in [5.41, 5.74) is 1.15. The van der Waals surface area contributed by atoms with Gasteiger partial charge in [-0.1, -0.05) is 0 Å². The first-order valence-corrected chi connectivity index (χ1v) is 9.29. The second-order valence-corrected chi connectivity index (χ2v) is 7.19. The van der Waals surface area contributed by atoms with E-state index in [1.807, 2.05) is 12.1 Å². The SMILES string of the molecule is c1coc(-c2nc(CN3CCN(CC4CCCO4)CC3)cs2)c1. The Kier molecular flexibility index (Phi) is 4.75.